The number of ether oxygens (including phenoxy) is 2. The minimum Gasteiger partial charge on any atom is -0.496 e. The minimum absolute atomic E-state index is 0.499. The van der Waals surface area contributed by atoms with Crippen LogP contribution in [0.5, 0.6) is 5.75 Å². The van der Waals surface area contributed by atoms with Crippen molar-refractivity contribution in [3.63, 3.8) is 0 Å². The van der Waals surface area contributed by atoms with Crippen LogP contribution < -0.4 is 4.74 Å². The molecule has 0 radical (unpaired) electrons. The van der Waals surface area contributed by atoms with Crippen LogP contribution in [-0.2, 0) is 11.2 Å². The molecule has 0 spiro atoms. The highest BCUT2D eigenvalue weighted by atomic mass is 79.9. The van der Waals surface area contributed by atoms with Gasteiger partial charge in [-0.2, -0.15) is 0 Å². The van der Waals surface area contributed by atoms with Crippen LogP contribution in [0.2, 0.25) is 0 Å². The van der Waals surface area contributed by atoms with Crippen LogP contribution in [0.15, 0.2) is 22.7 Å². The molecule has 0 bridgehead atoms. The topological polar surface area (TPSA) is 38.7 Å². The molecule has 2 atom stereocenters. The molecule has 1 aromatic rings. The smallest absolute Gasteiger partial charge is 0.133 e. The van der Waals surface area contributed by atoms with Crippen LogP contribution in [0.1, 0.15) is 32.8 Å². The fourth-order valence-electron chi connectivity index (χ4n) is 2.04. The van der Waals surface area contributed by atoms with Crippen molar-refractivity contribution in [1.29, 1.82) is 0 Å². The molecular weight excluding hydrogens is 308 g/mol. The molecule has 0 amide bonds. The Morgan fingerprint density at radius 2 is 2.05 bits per heavy atom. The van der Waals surface area contributed by atoms with Crippen molar-refractivity contribution in [2.75, 3.05) is 13.7 Å². The molecule has 0 aliphatic carbocycles. The second-order valence-corrected chi connectivity index (χ2v) is 5.64. The summed E-state index contributed by atoms with van der Waals surface area (Å²) in [6.07, 6.45) is 0.810. The number of halogens is 1. The Bertz CT molecular complexity index is 408. The Morgan fingerprint density at radius 1 is 1.37 bits per heavy atom. The second-order valence-electron chi connectivity index (χ2n) is 4.79. The van der Waals surface area contributed by atoms with E-state index in [1.165, 1.54) is 0 Å². The molecule has 0 aliphatic rings. The molecule has 108 valence electrons. The van der Waals surface area contributed by atoms with E-state index in [0.717, 1.165) is 22.2 Å². The molecule has 1 aromatic carbocycles. The molecular formula is C15H23BrO3. The maximum Gasteiger partial charge on any atom is 0.133 e. The van der Waals surface area contributed by atoms with Crippen LogP contribution in [0.3, 0.4) is 0 Å². The summed E-state index contributed by atoms with van der Waals surface area (Å²) >= 11 is 3.46. The highest BCUT2D eigenvalue weighted by molar-refractivity contribution is 9.10. The Balaban J connectivity index is 2.81. The quantitative estimate of drug-likeness (QED) is 0.830. The number of aliphatic hydroxyl groups excluding tert-OH is 1. The number of hydrogen-bond acceptors (Lipinski definition) is 3. The van der Waals surface area contributed by atoms with Crippen LogP contribution in [0.25, 0.3) is 0 Å². The summed E-state index contributed by atoms with van der Waals surface area (Å²) in [6.45, 7) is 6.54. The van der Waals surface area contributed by atoms with E-state index < -0.39 is 11.7 Å². The first-order chi connectivity index (χ1) is 8.96. The average molecular weight is 331 g/mol. The number of methoxy groups -OCH3 is 1. The fourth-order valence-corrected chi connectivity index (χ4v) is 2.63. The number of aliphatic hydroxyl groups is 1. The predicted octanol–water partition coefficient (Wildman–Crippen LogP) is 3.57. The van der Waals surface area contributed by atoms with Crippen molar-refractivity contribution in [3.8, 4) is 5.75 Å². The zero-order chi connectivity index (χ0) is 14.5. The van der Waals surface area contributed by atoms with E-state index in [4.69, 9.17) is 9.47 Å². The lowest BCUT2D eigenvalue weighted by atomic mass is 9.90. The summed E-state index contributed by atoms with van der Waals surface area (Å²) in [5.41, 5.74) is 0.556. The van der Waals surface area contributed by atoms with Crippen molar-refractivity contribution < 1.29 is 14.6 Å². The molecule has 19 heavy (non-hydrogen) atoms. The van der Waals surface area contributed by atoms with E-state index in [2.05, 4.69) is 15.9 Å². The van der Waals surface area contributed by atoms with Gasteiger partial charge in [-0.3, -0.25) is 0 Å². The van der Waals surface area contributed by atoms with E-state index in [1.54, 1.807) is 7.11 Å². The predicted molar refractivity (Wildman–Crippen MR) is 80.7 cm³/mol. The summed E-state index contributed by atoms with van der Waals surface area (Å²) in [7, 11) is 1.64. The largest absolute Gasteiger partial charge is 0.496 e. The summed E-state index contributed by atoms with van der Waals surface area (Å²) in [6, 6.07) is 5.84. The van der Waals surface area contributed by atoms with Gasteiger partial charge in [0, 0.05) is 13.0 Å². The van der Waals surface area contributed by atoms with Crippen LogP contribution in [0.4, 0.5) is 0 Å². The monoisotopic (exact) mass is 330 g/mol. The Morgan fingerprint density at radius 3 is 2.53 bits per heavy atom. The van der Waals surface area contributed by atoms with Gasteiger partial charge in [-0.25, -0.2) is 0 Å². The Labute approximate surface area is 124 Å². The normalized spacial score (nSPS) is 15.9. The lowest BCUT2D eigenvalue weighted by molar-refractivity contribution is -0.110. The molecule has 1 rings (SSSR count). The molecule has 0 aliphatic heterocycles. The van der Waals surface area contributed by atoms with Gasteiger partial charge < -0.3 is 14.6 Å². The molecule has 0 saturated heterocycles. The van der Waals surface area contributed by atoms with Crippen molar-refractivity contribution in [2.24, 2.45) is 0 Å². The van der Waals surface area contributed by atoms with Gasteiger partial charge >= 0.3 is 0 Å². The first-order valence-corrected chi connectivity index (χ1v) is 7.40. The first kappa shape index (κ1) is 16.5. The molecule has 4 heteroatoms. The molecule has 0 fully saturated rings. The number of hydrogen-bond donors (Lipinski definition) is 1. The Kier molecular flexibility index (Phi) is 6.30. The van der Waals surface area contributed by atoms with E-state index >= 15 is 0 Å². The van der Waals surface area contributed by atoms with Crippen molar-refractivity contribution >= 4 is 15.9 Å². The molecule has 0 aromatic heterocycles. The molecule has 2 unspecified atom stereocenters. The van der Waals surface area contributed by atoms with Gasteiger partial charge in [-0.05, 0) is 53.9 Å². The van der Waals surface area contributed by atoms with Gasteiger partial charge in [0.15, 0.2) is 0 Å². The average Bonchev–Trinajstić information content (AvgIpc) is 2.39. The maximum absolute atomic E-state index is 10.4. The third-order valence-electron chi connectivity index (χ3n) is 3.53. The number of rotatable bonds is 7. The lowest BCUT2D eigenvalue weighted by Gasteiger charge is -2.33. The van der Waals surface area contributed by atoms with Crippen molar-refractivity contribution in [2.45, 2.75) is 45.3 Å². The third kappa shape index (κ3) is 4.20. The van der Waals surface area contributed by atoms with Gasteiger partial charge in [0.1, 0.15) is 5.75 Å². The highest BCUT2D eigenvalue weighted by Gasteiger charge is 2.31. The van der Waals surface area contributed by atoms with E-state index in [1.807, 2.05) is 39.0 Å². The molecule has 1 N–H and O–H groups in total. The highest BCUT2D eigenvalue weighted by Crippen LogP contribution is 2.28. The minimum atomic E-state index is -0.530. The van der Waals surface area contributed by atoms with Gasteiger partial charge in [0.05, 0.1) is 23.3 Å². The van der Waals surface area contributed by atoms with E-state index in [0.29, 0.717) is 13.0 Å². The summed E-state index contributed by atoms with van der Waals surface area (Å²) in [5.74, 6) is 0.793. The second kappa shape index (κ2) is 7.27. The van der Waals surface area contributed by atoms with Crippen molar-refractivity contribution in [1.82, 2.24) is 0 Å². The molecule has 0 saturated carbocycles. The van der Waals surface area contributed by atoms with Crippen LogP contribution >= 0.6 is 15.9 Å². The molecule has 0 heterocycles. The summed E-state index contributed by atoms with van der Waals surface area (Å²) in [5, 5.41) is 10.4. The lowest BCUT2D eigenvalue weighted by Crippen LogP contribution is -2.42. The molecule has 3 nitrogen and oxygen atoms in total. The first-order valence-electron chi connectivity index (χ1n) is 6.61. The van der Waals surface area contributed by atoms with Crippen LogP contribution in [0, 0.1) is 0 Å². The zero-order valence-electron chi connectivity index (χ0n) is 12.1. The Hall–Kier alpha value is -0.580. The van der Waals surface area contributed by atoms with E-state index in [9.17, 15) is 5.11 Å². The van der Waals surface area contributed by atoms with Gasteiger partial charge in [0.2, 0.25) is 0 Å². The van der Waals surface area contributed by atoms with Gasteiger partial charge in [-0.15, -0.1) is 0 Å². The fraction of sp³-hybridized carbons (Fsp3) is 0.600. The van der Waals surface area contributed by atoms with Crippen molar-refractivity contribution in [3.05, 3.63) is 28.2 Å². The standard InChI is InChI=1S/C15H23BrO3/c1-5-15(3,19-6-2)14(17)10-11-7-8-13(18-4)12(16)9-11/h7-9,14,17H,5-6,10H2,1-4H3. The third-order valence-corrected chi connectivity index (χ3v) is 4.15. The number of benzene rings is 1. The SMILES string of the molecule is CCOC(C)(CC)C(O)Cc1ccc(OC)c(Br)c1. The maximum atomic E-state index is 10.4. The van der Waals surface area contributed by atoms with Gasteiger partial charge in [-0.1, -0.05) is 13.0 Å². The van der Waals surface area contributed by atoms with E-state index in [-0.39, 0.29) is 0 Å². The van der Waals surface area contributed by atoms with Gasteiger partial charge in [0.25, 0.3) is 0 Å². The zero-order valence-corrected chi connectivity index (χ0v) is 13.7. The van der Waals surface area contributed by atoms with Crippen LogP contribution in [-0.4, -0.2) is 30.5 Å². The summed E-state index contributed by atoms with van der Waals surface area (Å²) < 4.78 is 11.8. The summed E-state index contributed by atoms with van der Waals surface area (Å²) in [4.78, 5) is 0.